The van der Waals surface area contributed by atoms with E-state index < -0.39 is 0 Å². The van der Waals surface area contributed by atoms with Crippen LogP contribution in [0.25, 0.3) is 0 Å². The number of ketones is 1. The molecule has 0 aliphatic heterocycles. The molecular formula is C10H12OS. The number of fused-ring (bicyclic) bond motifs is 1. The van der Waals surface area contributed by atoms with Crippen LogP contribution in [0, 0.1) is 0 Å². The summed E-state index contributed by atoms with van der Waals surface area (Å²) in [4.78, 5) is 12.6. The van der Waals surface area contributed by atoms with Crippen LogP contribution in [-0.4, -0.2) is 5.78 Å². The van der Waals surface area contributed by atoms with Crippen molar-refractivity contribution in [3.8, 4) is 0 Å². The van der Waals surface area contributed by atoms with Crippen LogP contribution in [0.1, 0.15) is 29.3 Å². The number of thiophene rings is 1. The van der Waals surface area contributed by atoms with Crippen LogP contribution < -0.4 is 0 Å². The molecule has 0 fully saturated rings. The zero-order valence-electron chi connectivity index (χ0n) is 7.22. The monoisotopic (exact) mass is 180 g/mol. The van der Waals surface area contributed by atoms with Crippen molar-refractivity contribution >= 4 is 17.1 Å². The van der Waals surface area contributed by atoms with Gasteiger partial charge < -0.3 is 0 Å². The molecule has 0 aromatic carbocycles. The molecule has 1 aromatic heterocycles. The molecule has 0 bridgehead atoms. The van der Waals surface area contributed by atoms with Gasteiger partial charge in [0.05, 0.1) is 0 Å². The number of hydrogen-bond acceptors (Lipinski definition) is 2. The highest BCUT2D eigenvalue weighted by Gasteiger charge is 2.19. The maximum Gasteiger partial charge on any atom is 0.137 e. The standard InChI is InChI=1S/C10H12OS/c1-2-7-6-12-10-4-3-8(11)5-9(7)10/h6H,2-5H2,1H3. The van der Waals surface area contributed by atoms with Gasteiger partial charge in [-0.2, -0.15) is 0 Å². The molecule has 0 atom stereocenters. The molecule has 0 spiro atoms. The summed E-state index contributed by atoms with van der Waals surface area (Å²) in [5, 5.41) is 2.21. The zero-order valence-corrected chi connectivity index (χ0v) is 8.04. The lowest BCUT2D eigenvalue weighted by molar-refractivity contribution is -0.118. The molecule has 0 saturated carbocycles. The number of hydrogen-bond donors (Lipinski definition) is 0. The third-order valence-electron chi connectivity index (χ3n) is 2.45. The Labute approximate surface area is 76.4 Å². The first kappa shape index (κ1) is 7.99. The van der Waals surface area contributed by atoms with Gasteiger partial charge in [0.15, 0.2) is 0 Å². The minimum Gasteiger partial charge on any atom is -0.299 e. The maximum absolute atomic E-state index is 11.2. The van der Waals surface area contributed by atoms with Gasteiger partial charge in [0.25, 0.3) is 0 Å². The van der Waals surface area contributed by atoms with E-state index in [1.54, 1.807) is 0 Å². The summed E-state index contributed by atoms with van der Waals surface area (Å²) < 4.78 is 0. The van der Waals surface area contributed by atoms with Crippen LogP contribution in [0.3, 0.4) is 0 Å². The summed E-state index contributed by atoms with van der Waals surface area (Å²) in [7, 11) is 0. The fraction of sp³-hybridized carbons (Fsp3) is 0.500. The SMILES string of the molecule is CCc1csc2c1CC(=O)CC2. The van der Waals surface area contributed by atoms with Crippen molar-refractivity contribution in [2.45, 2.75) is 32.6 Å². The Morgan fingerprint density at radius 3 is 3.08 bits per heavy atom. The Balaban J connectivity index is 2.40. The van der Waals surface area contributed by atoms with Crippen molar-refractivity contribution in [1.82, 2.24) is 0 Å². The Hall–Kier alpha value is -0.630. The second kappa shape index (κ2) is 3.02. The quantitative estimate of drug-likeness (QED) is 0.648. The molecule has 1 aliphatic carbocycles. The normalized spacial score (nSPS) is 16.2. The van der Waals surface area contributed by atoms with Crippen LogP contribution in [-0.2, 0) is 24.1 Å². The van der Waals surface area contributed by atoms with E-state index in [0.29, 0.717) is 12.2 Å². The van der Waals surface area contributed by atoms with Gasteiger partial charge in [-0.15, -0.1) is 11.3 Å². The zero-order chi connectivity index (χ0) is 8.55. The van der Waals surface area contributed by atoms with Gasteiger partial charge in [-0.3, -0.25) is 4.79 Å². The molecule has 1 aliphatic rings. The van der Waals surface area contributed by atoms with E-state index in [4.69, 9.17) is 0 Å². The second-order valence-corrected chi connectivity index (χ2v) is 4.20. The average Bonchev–Trinajstić information content (AvgIpc) is 2.46. The molecule has 0 N–H and O–H groups in total. The first-order valence-electron chi connectivity index (χ1n) is 4.41. The van der Waals surface area contributed by atoms with Crippen molar-refractivity contribution in [3.05, 3.63) is 21.4 Å². The molecule has 2 heteroatoms. The number of carbonyl (C=O) groups is 1. The van der Waals surface area contributed by atoms with Crippen LogP contribution in [0.4, 0.5) is 0 Å². The minimum absolute atomic E-state index is 0.413. The predicted octanol–water partition coefficient (Wildman–Crippen LogP) is 2.37. The smallest absolute Gasteiger partial charge is 0.137 e. The lowest BCUT2D eigenvalue weighted by atomic mass is 9.94. The first-order valence-corrected chi connectivity index (χ1v) is 5.29. The summed E-state index contributed by atoms with van der Waals surface area (Å²) in [6.45, 7) is 2.15. The maximum atomic E-state index is 11.2. The van der Waals surface area contributed by atoms with E-state index in [1.165, 1.54) is 16.0 Å². The number of Topliss-reactive ketones (excluding diaryl/α,β-unsaturated/α-hetero) is 1. The van der Waals surface area contributed by atoms with E-state index >= 15 is 0 Å². The topological polar surface area (TPSA) is 17.1 Å². The van der Waals surface area contributed by atoms with Gasteiger partial charge in [0, 0.05) is 17.7 Å². The van der Waals surface area contributed by atoms with Crippen molar-refractivity contribution < 1.29 is 4.79 Å². The van der Waals surface area contributed by atoms with E-state index in [2.05, 4.69) is 12.3 Å². The van der Waals surface area contributed by atoms with E-state index in [-0.39, 0.29) is 0 Å². The molecule has 0 saturated heterocycles. The van der Waals surface area contributed by atoms with Crippen molar-refractivity contribution in [2.75, 3.05) is 0 Å². The van der Waals surface area contributed by atoms with Crippen LogP contribution in [0.15, 0.2) is 5.38 Å². The highest BCUT2D eigenvalue weighted by atomic mass is 32.1. The van der Waals surface area contributed by atoms with Crippen LogP contribution in [0.5, 0.6) is 0 Å². The summed E-state index contributed by atoms with van der Waals surface area (Å²) in [6.07, 6.45) is 3.51. The molecule has 1 nitrogen and oxygen atoms in total. The van der Waals surface area contributed by atoms with E-state index in [9.17, 15) is 4.79 Å². The third kappa shape index (κ3) is 1.20. The van der Waals surface area contributed by atoms with E-state index in [1.807, 2.05) is 11.3 Å². The number of aryl methyl sites for hydroxylation is 2. The summed E-state index contributed by atoms with van der Waals surface area (Å²) >= 11 is 1.83. The first-order chi connectivity index (χ1) is 5.81. The molecule has 1 aromatic rings. The van der Waals surface area contributed by atoms with E-state index in [0.717, 1.165) is 19.3 Å². The summed E-state index contributed by atoms with van der Waals surface area (Å²) in [5.74, 6) is 0.413. The molecule has 2 rings (SSSR count). The summed E-state index contributed by atoms with van der Waals surface area (Å²) in [5.41, 5.74) is 2.74. The highest BCUT2D eigenvalue weighted by Crippen LogP contribution is 2.28. The van der Waals surface area contributed by atoms with Crippen LogP contribution in [0.2, 0.25) is 0 Å². The Bertz CT molecular complexity index is 298. The largest absolute Gasteiger partial charge is 0.299 e. The lowest BCUT2D eigenvalue weighted by Gasteiger charge is -2.10. The van der Waals surface area contributed by atoms with Crippen molar-refractivity contribution in [3.63, 3.8) is 0 Å². The molecule has 1 heterocycles. The van der Waals surface area contributed by atoms with Gasteiger partial charge in [-0.05, 0) is 29.3 Å². The molecule has 0 unspecified atom stereocenters. The predicted molar refractivity (Wildman–Crippen MR) is 50.7 cm³/mol. The fourth-order valence-corrected chi connectivity index (χ4v) is 2.88. The molecular weight excluding hydrogens is 168 g/mol. The fourth-order valence-electron chi connectivity index (χ4n) is 1.72. The van der Waals surface area contributed by atoms with Gasteiger partial charge in [0.1, 0.15) is 5.78 Å². The lowest BCUT2D eigenvalue weighted by Crippen LogP contribution is -2.12. The number of rotatable bonds is 1. The molecule has 0 radical (unpaired) electrons. The molecule has 64 valence electrons. The Morgan fingerprint density at radius 1 is 1.50 bits per heavy atom. The third-order valence-corrected chi connectivity index (χ3v) is 3.59. The van der Waals surface area contributed by atoms with Gasteiger partial charge >= 0.3 is 0 Å². The average molecular weight is 180 g/mol. The second-order valence-electron chi connectivity index (χ2n) is 3.23. The van der Waals surface area contributed by atoms with Gasteiger partial charge in [-0.1, -0.05) is 6.92 Å². The van der Waals surface area contributed by atoms with Crippen LogP contribution >= 0.6 is 11.3 Å². The summed E-state index contributed by atoms with van der Waals surface area (Å²) in [6, 6.07) is 0. The Morgan fingerprint density at radius 2 is 2.33 bits per heavy atom. The van der Waals surface area contributed by atoms with Crippen molar-refractivity contribution in [1.29, 1.82) is 0 Å². The minimum atomic E-state index is 0.413. The highest BCUT2D eigenvalue weighted by molar-refractivity contribution is 7.10. The molecule has 12 heavy (non-hydrogen) atoms. The molecule has 0 amide bonds. The Kier molecular flexibility index (Phi) is 2.01. The van der Waals surface area contributed by atoms with Gasteiger partial charge in [0.2, 0.25) is 0 Å². The van der Waals surface area contributed by atoms with Crippen molar-refractivity contribution in [2.24, 2.45) is 0 Å². The number of carbonyl (C=O) groups excluding carboxylic acids is 1. The van der Waals surface area contributed by atoms with Gasteiger partial charge in [-0.25, -0.2) is 0 Å².